The fraction of sp³-hybridized carbons (Fsp3) is 0.350. The van der Waals surface area contributed by atoms with Crippen molar-refractivity contribution in [2.45, 2.75) is 0 Å². The van der Waals surface area contributed by atoms with E-state index >= 15 is 0 Å². The van der Waals surface area contributed by atoms with E-state index in [-0.39, 0.29) is 12.5 Å². The molecule has 138 valence electrons. The van der Waals surface area contributed by atoms with Crippen LogP contribution in [-0.4, -0.2) is 57.8 Å². The summed E-state index contributed by atoms with van der Waals surface area (Å²) in [7, 11) is 3.75. The molecule has 0 unspecified atom stereocenters. The highest BCUT2D eigenvalue weighted by Crippen LogP contribution is 2.20. The van der Waals surface area contributed by atoms with Gasteiger partial charge < -0.3 is 24.6 Å². The largest absolute Gasteiger partial charge is 0.497 e. The van der Waals surface area contributed by atoms with E-state index in [2.05, 4.69) is 22.2 Å². The molecule has 6 nitrogen and oxygen atoms in total. The van der Waals surface area contributed by atoms with E-state index in [1.54, 1.807) is 31.4 Å². The fourth-order valence-corrected chi connectivity index (χ4v) is 2.84. The lowest BCUT2D eigenvalue weighted by molar-refractivity contribution is -0.118. The summed E-state index contributed by atoms with van der Waals surface area (Å²) < 4.78 is 10.6. The SMILES string of the molecule is COc1ccc(OCC(=O)Nc2ccc(N3CCN(C)CC3)cc2)cc1. The number of likely N-dealkylation sites (N-methyl/N-ethyl adjacent to an activating group) is 1. The monoisotopic (exact) mass is 355 g/mol. The van der Waals surface area contributed by atoms with Gasteiger partial charge in [-0.3, -0.25) is 4.79 Å². The third kappa shape index (κ3) is 4.89. The molecule has 1 heterocycles. The van der Waals surface area contributed by atoms with Crippen LogP contribution in [0.3, 0.4) is 0 Å². The Kier molecular flexibility index (Phi) is 5.96. The zero-order valence-corrected chi connectivity index (χ0v) is 15.3. The van der Waals surface area contributed by atoms with Crippen molar-refractivity contribution < 1.29 is 14.3 Å². The number of hydrogen-bond donors (Lipinski definition) is 1. The predicted molar refractivity (Wildman–Crippen MR) is 103 cm³/mol. The molecule has 0 atom stereocenters. The minimum Gasteiger partial charge on any atom is -0.497 e. The van der Waals surface area contributed by atoms with Gasteiger partial charge in [-0.1, -0.05) is 0 Å². The molecule has 1 amide bonds. The van der Waals surface area contributed by atoms with Crippen molar-refractivity contribution in [1.29, 1.82) is 0 Å². The van der Waals surface area contributed by atoms with E-state index in [1.165, 1.54) is 5.69 Å². The molecule has 6 heteroatoms. The second-order valence-corrected chi connectivity index (χ2v) is 6.35. The Labute approximate surface area is 154 Å². The van der Waals surface area contributed by atoms with Gasteiger partial charge in [0.15, 0.2) is 6.61 Å². The number of ether oxygens (including phenoxy) is 2. The zero-order chi connectivity index (χ0) is 18.4. The van der Waals surface area contributed by atoms with Gasteiger partial charge in [0.1, 0.15) is 11.5 Å². The lowest BCUT2D eigenvalue weighted by Gasteiger charge is -2.34. The van der Waals surface area contributed by atoms with Crippen LogP contribution >= 0.6 is 0 Å². The molecular weight excluding hydrogens is 330 g/mol. The first-order valence-electron chi connectivity index (χ1n) is 8.74. The van der Waals surface area contributed by atoms with Crippen molar-refractivity contribution in [3.63, 3.8) is 0 Å². The summed E-state index contributed by atoms with van der Waals surface area (Å²) in [5, 5.41) is 2.86. The average molecular weight is 355 g/mol. The lowest BCUT2D eigenvalue weighted by Crippen LogP contribution is -2.44. The van der Waals surface area contributed by atoms with Gasteiger partial charge in [0.2, 0.25) is 0 Å². The molecule has 1 saturated heterocycles. The maximum absolute atomic E-state index is 12.1. The van der Waals surface area contributed by atoms with Gasteiger partial charge in [-0.05, 0) is 55.6 Å². The number of amides is 1. The van der Waals surface area contributed by atoms with E-state index in [9.17, 15) is 4.79 Å². The zero-order valence-electron chi connectivity index (χ0n) is 15.3. The maximum atomic E-state index is 12.1. The topological polar surface area (TPSA) is 54.0 Å². The van der Waals surface area contributed by atoms with E-state index in [0.717, 1.165) is 37.6 Å². The van der Waals surface area contributed by atoms with Crippen LogP contribution in [0.2, 0.25) is 0 Å². The Morgan fingerprint density at radius 1 is 0.962 bits per heavy atom. The van der Waals surface area contributed by atoms with Crippen LogP contribution in [0, 0.1) is 0 Å². The van der Waals surface area contributed by atoms with Gasteiger partial charge in [0.05, 0.1) is 7.11 Å². The van der Waals surface area contributed by atoms with E-state index < -0.39 is 0 Å². The first-order chi connectivity index (χ1) is 12.6. The summed E-state index contributed by atoms with van der Waals surface area (Å²) in [6, 6.07) is 15.1. The Morgan fingerprint density at radius 2 is 1.58 bits per heavy atom. The summed E-state index contributed by atoms with van der Waals surface area (Å²) in [4.78, 5) is 16.7. The number of methoxy groups -OCH3 is 1. The minimum atomic E-state index is -0.187. The highest BCUT2D eigenvalue weighted by atomic mass is 16.5. The summed E-state index contributed by atoms with van der Waals surface area (Å²) in [5.74, 6) is 1.20. The van der Waals surface area contributed by atoms with Gasteiger partial charge in [-0.2, -0.15) is 0 Å². The van der Waals surface area contributed by atoms with Crippen LogP contribution in [0.5, 0.6) is 11.5 Å². The minimum absolute atomic E-state index is 0.0352. The number of carbonyl (C=O) groups is 1. The number of piperazine rings is 1. The van der Waals surface area contributed by atoms with Crippen molar-refractivity contribution in [2.75, 3.05) is 57.2 Å². The van der Waals surface area contributed by atoms with E-state index in [1.807, 2.05) is 24.3 Å². The molecule has 1 aliphatic rings. The third-order valence-electron chi connectivity index (χ3n) is 4.45. The fourth-order valence-electron chi connectivity index (χ4n) is 2.84. The number of benzene rings is 2. The molecule has 0 aliphatic carbocycles. The van der Waals surface area contributed by atoms with E-state index in [4.69, 9.17) is 9.47 Å². The number of hydrogen-bond acceptors (Lipinski definition) is 5. The van der Waals surface area contributed by atoms with Gasteiger partial charge in [0.25, 0.3) is 5.91 Å². The summed E-state index contributed by atoms with van der Waals surface area (Å²) >= 11 is 0. The normalized spacial score (nSPS) is 14.8. The van der Waals surface area contributed by atoms with Crippen LogP contribution in [0.4, 0.5) is 11.4 Å². The Bertz CT molecular complexity index is 708. The first kappa shape index (κ1) is 18.1. The number of nitrogens with one attached hydrogen (secondary N) is 1. The standard InChI is InChI=1S/C20H25N3O3/c1-22-11-13-23(14-12-22)17-5-3-16(4-6-17)21-20(24)15-26-19-9-7-18(25-2)8-10-19/h3-10H,11-15H2,1-2H3,(H,21,24). The Balaban J connectivity index is 1.47. The van der Waals surface area contributed by atoms with Crippen molar-refractivity contribution in [3.05, 3.63) is 48.5 Å². The van der Waals surface area contributed by atoms with Crippen molar-refractivity contribution in [1.82, 2.24) is 4.90 Å². The second kappa shape index (κ2) is 8.58. The number of rotatable bonds is 6. The molecular formula is C20H25N3O3. The van der Waals surface area contributed by atoms with Crippen LogP contribution in [0.25, 0.3) is 0 Å². The molecule has 2 aromatic carbocycles. The Morgan fingerprint density at radius 3 is 2.19 bits per heavy atom. The molecule has 0 radical (unpaired) electrons. The van der Waals surface area contributed by atoms with Gasteiger partial charge in [-0.15, -0.1) is 0 Å². The average Bonchev–Trinajstić information content (AvgIpc) is 2.68. The number of anilines is 2. The van der Waals surface area contributed by atoms with Crippen LogP contribution in [-0.2, 0) is 4.79 Å². The lowest BCUT2D eigenvalue weighted by atomic mass is 10.2. The van der Waals surface area contributed by atoms with Crippen molar-refractivity contribution in [3.8, 4) is 11.5 Å². The molecule has 3 rings (SSSR count). The molecule has 0 bridgehead atoms. The number of carbonyl (C=O) groups excluding carboxylic acids is 1. The van der Waals surface area contributed by atoms with Gasteiger partial charge >= 0.3 is 0 Å². The molecule has 0 saturated carbocycles. The predicted octanol–water partition coefficient (Wildman–Crippen LogP) is 2.46. The van der Waals surface area contributed by atoms with Crippen molar-refractivity contribution in [2.24, 2.45) is 0 Å². The molecule has 26 heavy (non-hydrogen) atoms. The summed E-state index contributed by atoms with van der Waals surface area (Å²) in [6.45, 7) is 4.16. The first-order valence-corrected chi connectivity index (χ1v) is 8.74. The van der Waals surface area contributed by atoms with Crippen LogP contribution in [0.1, 0.15) is 0 Å². The molecule has 1 fully saturated rings. The molecule has 1 N–H and O–H groups in total. The number of nitrogens with zero attached hydrogens (tertiary/aromatic N) is 2. The smallest absolute Gasteiger partial charge is 0.262 e. The molecule has 0 spiro atoms. The van der Waals surface area contributed by atoms with Gasteiger partial charge in [0, 0.05) is 37.6 Å². The molecule has 2 aromatic rings. The maximum Gasteiger partial charge on any atom is 0.262 e. The quantitative estimate of drug-likeness (QED) is 0.863. The van der Waals surface area contributed by atoms with Crippen LogP contribution in [0.15, 0.2) is 48.5 Å². The highest BCUT2D eigenvalue weighted by molar-refractivity contribution is 5.92. The van der Waals surface area contributed by atoms with Gasteiger partial charge in [-0.25, -0.2) is 0 Å². The second-order valence-electron chi connectivity index (χ2n) is 6.35. The molecule has 1 aliphatic heterocycles. The Hall–Kier alpha value is -2.73. The third-order valence-corrected chi connectivity index (χ3v) is 4.45. The van der Waals surface area contributed by atoms with E-state index in [0.29, 0.717) is 5.75 Å². The summed E-state index contributed by atoms with van der Waals surface area (Å²) in [6.07, 6.45) is 0. The van der Waals surface area contributed by atoms with Crippen LogP contribution < -0.4 is 19.7 Å². The summed E-state index contributed by atoms with van der Waals surface area (Å²) in [5.41, 5.74) is 1.96. The molecule has 0 aromatic heterocycles. The van der Waals surface area contributed by atoms with Crippen molar-refractivity contribution >= 4 is 17.3 Å². The highest BCUT2D eigenvalue weighted by Gasteiger charge is 2.14.